The molecule has 1 fully saturated rings. The third-order valence-electron chi connectivity index (χ3n) is 3.67. The quantitative estimate of drug-likeness (QED) is 0.745. The van der Waals surface area contributed by atoms with Crippen molar-refractivity contribution in [1.29, 1.82) is 0 Å². The van der Waals surface area contributed by atoms with Crippen molar-refractivity contribution in [2.75, 3.05) is 6.54 Å². The molecule has 0 radical (unpaired) electrons. The molecular weight excluding hydrogens is 206 g/mol. The Balaban J connectivity index is 2.05. The predicted octanol–water partition coefficient (Wildman–Crippen LogP) is 4.09. The molecule has 17 heavy (non-hydrogen) atoms. The second-order valence-electron chi connectivity index (χ2n) is 5.28. The molecule has 1 aliphatic carbocycles. The van der Waals surface area contributed by atoms with Gasteiger partial charge in [0.25, 0.3) is 0 Å². The van der Waals surface area contributed by atoms with Gasteiger partial charge >= 0.3 is 0 Å². The van der Waals surface area contributed by atoms with E-state index < -0.39 is 0 Å². The van der Waals surface area contributed by atoms with E-state index in [9.17, 15) is 0 Å². The van der Waals surface area contributed by atoms with E-state index in [2.05, 4.69) is 43.4 Å². The highest BCUT2D eigenvalue weighted by atomic mass is 14.9. The molecule has 1 heteroatoms. The van der Waals surface area contributed by atoms with E-state index in [0.29, 0.717) is 6.04 Å². The SMILES string of the molecule is CCCNC(CC1CC1)c1cccc(CC)c1. The van der Waals surface area contributed by atoms with E-state index in [1.54, 1.807) is 0 Å². The smallest absolute Gasteiger partial charge is 0.0322 e. The van der Waals surface area contributed by atoms with Crippen molar-refractivity contribution in [3.63, 3.8) is 0 Å². The number of hydrogen-bond acceptors (Lipinski definition) is 1. The zero-order valence-corrected chi connectivity index (χ0v) is 11.2. The largest absolute Gasteiger partial charge is 0.310 e. The van der Waals surface area contributed by atoms with Crippen LogP contribution < -0.4 is 5.32 Å². The van der Waals surface area contributed by atoms with E-state index in [1.165, 1.54) is 36.8 Å². The fourth-order valence-corrected chi connectivity index (χ4v) is 2.37. The second kappa shape index (κ2) is 6.20. The van der Waals surface area contributed by atoms with Crippen LogP contribution in [-0.4, -0.2) is 6.54 Å². The average Bonchev–Trinajstić information content (AvgIpc) is 3.18. The summed E-state index contributed by atoms with van der Waals surface area (Å²) in [6, 6.07) is 9.69. The molecule has 1 N–H and O–H groups in total. The fourth-order valence-electron chi connectivity index (χ4n) is 2.37. The normalized spacial score (nSPS) is 17.1. The predicted molar refractivity (Wildman–Crippen MR) is 74.2 cm³/mol. The first-order chi connectivity index (χ1) is 8.33. The Labute approximate surface area is 106 Å². The molecule has 1 atom stereocenters. The molecule has 0 spiro atoms. The minimum absolute atomic E-state index is 0.578. The first-order valence-corrected chi connectivity index (χ1v) is 7.15. The molecule has 0 bridgehead atoms. The van der Waals surface area contributed by atoms with Crippen LogP contribution in [0.2, 0.25) is 0 Å². The average molecular weight is 231 g/mol. The van der Waals surface area contributed by atoms with Gasteiger partial charge in [0.2, 0.25) is 0 Å². The van der Waals surface area contributed by atoms with E-state index in [-0.39, 0.29) is 0 Å². The molecule has 1 aliphatic rings. The van der Waals surface area contributed by atoms with Crippen molar-refractivity contribution in [2.24, 2.45) is 5.92 Å². The monoisotopic (exact) mass is 231 g/mol. The van der Waals surface area contributed by atoms with E-state index in [4.69, 9.17) is 0 Å². The van der Waals surface area contributed by atoms with Crippen LogP contribution in [0, 0.1) is 5.92 Å². The highest BCUT2D eigenvalue weighted by Gasteiger charge is 2.25. The molecule has 0 heterocycles. The third-order valence-corrected chi connectivity index (χ3v) is 3.67. The molecule has 0 aromatic heterocycles. The van der Waals surface area contributed by atoms with Crippen LogP contribution in [-0.2, 0) is 6.42 Å². The van der Waals surface area contributed by atoms with Crippen molar-refractivity contribution < 1.29 is 0 Å². The van der Waals surface area contributed by atoms with Gasteiger partial charge in [-0.1, -0.05) is 51.0 Å². The first-order valence-electron chi connectivity index (χ1n) is 7.15. The van der Waals surface area contributed by atoms with Crippen molar-refractivity contribution in [2.45, 2.75) is 52.0 Å². The Morgan fingerprint density at radius 2 is 2.12 bits per heavy atom. The summed E-state index contributed by atoms with van der Waals surface area (Å²) in [7, 11) is 0. The number of rotatable bonds is 7. The highest BCUT2D eigenvalue weighted by molar-refractivity contribution is 5.26. The van der Waals surface area contributed by atoms with Crippen molar-refractivity contribution in [3.8, 4) is 0 Å². The molecule has 1 unspecified atom stereocenters. The first kappa shape index (κ1) is 12.6. The number of nitrogens with one attached hydrogen (secondary N) is 1. The maximum absolute atomic E-state index is 3.71. The summed E-state index contributed by atoms with van der Waals surface area (Å²) in [5, 5.41) is 3.71. The summed E-state index contributed by atoms with van der Waals surface area (Å²) in [5.74, 6) is 0.981. The lowest BCUT2D eigenvalue weighted by atomic mass is 9.98. The Hall–Kier alpha value is -0.820. The van der Waals surface area contributed by atoms with Crippen LogP contribution in [0.1, 0.15) is 56.7 Å². The minimum Gasteiger partial charge on any atom is -0.310 e. The molecule has 0 amide bonds. The standard InChI is InChI=1S/C16H25N/c1-3-10-17-16(12-14-8-9-14)15-7-5-6-13(4-2)11-15/h5-7,11,14,16-17H,3-4,8-10,12H2,1-2H3. The zero-order chi connectivity index (χ0) is 12.1. The summed E-state index contributed by atoms with van der Waals surface area (Å²) in [6.45, 7) is 5.60. The van der Waals surface area contributed by atoms with Gasteiger partial charge < -0.3 is 5.32 Å². The maximum atomic E-state index is 3.71. The van der Waals surface area contributed by atoms with Crippen LogP contribution in [0.25, 0.3) is 0 Å². The Morgan fingerprint density at radius 3 is 2.76 bits per heavy atom. The molecule has 1 saturated carbocycles. The minimum atomic E-state index is 0.578. The van der Waals surface area contributed by atoms with E-state index in [0.717, 1.165) is 18.9 Å². The molecular formula is C16H25N. The molecule has 1 nitrogen and oxygen atoms in total. The molecule has 2 rings (SSSR count). The molecule has 1 aromatic carbocycles. The van der Waals surface area contributed by atoms with Crippen molar-refractivity contribution in [1.82, 2.24) is 5.32 Å². The summed E-state index contributed by atoms with van der Waals surface area (Å²) in [4.78, 5) is 0. The zero-order valence-electron chi connectivity index (χ0n) is 11.2. The number of benzene rings is 1. The van der Waals surface area contributed by atoms with Gasteiger partial charge in [0.05, 0.1) is 0 Å². The maximum Gasteiger partial charge on any atom is 0.0322 e. The van der Waals surface area contributed by atoms with Gasteiger partial charge in [-0.05, 0) is 42.9 Å². The Morgan fingerprint density at radius 1 is 1.29 bits per heavy atom. The Kier molecular flexibility index (Phi) is 4.61. The van der Waals surface area contributed by atoms with E-state index >= 15 is 0 Å². The summed E-state index contributed by atoms with van der Waals surface area (Å²) in [5.41, 5.74) is 2.95. The van der Waals surface area contributed by atoms with Gasteiger partial charge in [-0.25, -0.2) is 0 Å². The molecule has 1 aromatic rings. The topological polar surface area (TPSA) is 12.0 Å². The van der Waals surface area contributed by atoms with Crippen LogP contribution >= 0.6 is 0 Å². The van der Waals surface area contributed by atoms with Gasteiger partial charge in [0.1, 0.15) is 0 Å². The summed E-state index contributed by atoms with van der Waals surface area (Å²) in [6.07, 6.45) is 6.56. The lowest BCUT2D eigenvalue weighted by Gasteiger charge is -2.19. The van der Waals surface area contributed by atoms with Gasteiger partial charge in [0, 0.05) is 6.04 Å². The van der Waals surface area contributed by atoms with Crippen molar-refractivity contribution >= 4 is 0 Å². The fraction of sp³-hybridized carbons (Fsp3) is 0.625. The molecule has 0 aliphatic heterocycles. The summed E-state index contributed by atoms with van der Waals surface area (Å²) < 4.78 is 0. The van der Waals surface area contributed by atoms with E-state index in [1.807, 2.05) is 0 Å². The van der Waals surface area contributed by atoms with Crippen LogP contribution in [0.5, 0.6) is 0 Å². The Bertz CT molecular complexity index is 341. The van der Waals surface area contributed by atoms with Gasteiger partial charge in [-0.15, -0.1) is 0 Å². The highest BCUT2D eigenvalue weighted by Crippen LogP contribution is 2.37. The van der Waals surface area contributed by atoms with Gasteiger partial charge in [-0.2, -0.15) is 0 Å². The van der Waals surface area contributed by atoms with Gasteiger partial charge in [-0.3, -0.25) is 0 Å². The number of hydrogen-bond donors (Lipinski definition) is 1. The van der Waals surface area contributed by atoms with Crippen LogP contribution in [0.3, 0.4) is 0 Å². The number of aryl methyl sites for hydroxylation is 1. The molecule has 94 valence electrons. The lowest BCUT2D eigenvalue weighted by molar-refractivity contribution is 0.473. The van der Waals surface area contributed by atoms with Crippen molar-refractivity contribution in [3.05, 3.63) is 35.4 Å². The third kappa shape index (κ3) is 3.85. The molecule has 0 saturated heterocycles. The lowest BCUT2D eigenvalue weighted by Crippen LogP contribution is -2.22. The summed E-state index contributed by atoms with van der Waals surface area (Å²) >= 11 is 0. The second-order valence-corrected chi connectivity index (χ2v) is 5.28. The van der Waals surface area contributed by atoms with Gasteiger partial charge in [0.15, 0.2) is 0 Å². The van der Waals surface area contributed by atoms with Crippen LogP contribution in [0.15, 0.2) is 24.3 Å². The van der Waals surface area contributed by atoms with Crippen LogP contribution in [0.4, 0.5) is 0 Å².